The standard InChI is InChI=1S/C12H16BrClN2O/c1-2-17-7-9-15-11(8-5-3-4-6-8)10(13)12(14)16-9/h8H,2-7H2,1H3. The summed E-state index contributed by atoms with van der Waals surface area (Å²) in [5, 5.41) is 0.497. The molecule has 1 heterocycles. The smallest absolute Gasteiger partial charge is 0.156 e. The zero-order valence-corrected chi connectivity index (χ0v) is 12.2. The first-order chi connectivity index (χ1) is 8.22. The van der Waals surface area contributed by atoms with Gasteiger partial charge >= 0.3 is 0 Å². The third-order valence-corrected chi connectivity index (χ3v) is 4.34. The molecule has 1 saturated carbocycles. The molecule has 0 N–H and O–H groups in total. The summed E-state index contributed by atoms with van der Waals surface area (Å²) in [7, 11) is 0. The number of nitrogens with zero attached hydrogens (tertiary/aromatic N) is 2. The van der Waals surface area contributed by atoms with Crippen LogP contribution in [0.5, 0.6) is 0 Å². The van der Waals surface area contributed by atoms with Crippen LogP contribution in [0, 0.1) is 0 Å². The monoisotopic (exact) mass is 318 g/mol. The van der Waals surface area contributed by atoms with E-state index < -0.39 is 0 Å². The Morgan fingerprint density at radius 1 is 1.35 bits per heavy atom. The number of aromatic nitrogens is 2. The third-order valence-electron chi connectivity index (χ3n) is 3.06. The molecule has 1 aromatic heterocycles. The van der Waals surface area contributed by atoms with Gasteiger partial charge < -0.3 is 4.74 Å². The molecule has 0 saturated heterocycles. The predicted molar refractivity (Wildman–Crippen MR) is 71.3 cm³/mol. The normalized spacial score (nSPS) is 16.6. The topological polar surface area (TPSA) is 35.0 Å². The lowest BCUT2D eigenvalue weighted by atomic mass is 10.0. The molecule has 94 valence electrons. The van der Waals surface area contributed by atoms with Gasteiger partial charge in [0.2, 0.25) is 0 Å². The van der Waals surface area contributed by atoms with Gasteiger partial charge in [0.1, 0.15) is 11.8 Å². The van der Waals surface area contributed by atoms with Crippen molar-refractivity contribution in [1.29, 1.82) is 0 Å². The molecule has 0 atom stereocenters. The van der Waals surface area contributed by atoms with E-state index in [1.807, 2.05) is 6.92 Å². The molecule has 0 aromatic carbocycles. The van der Waals surface area contributed by atoms with Gasteiger partial charge in [-0.2, -0.15) is 0 Å². The molecule has 1 aliphatic rings. The van der Waals surface area contributed by atoms with Crippen molar-refractivity contribution in [3.63, 3.8) is 0 Å². The minimum absolute atomic E-state index is 0.434. The van der Waals surface area contributed by atoms with Gasteiger partial charge in [-0.3, -0.25) is 0 Å². The maximum Gasteiger partial charge on any atom is 0.156 e. The lowest BCUT2D eigenvalue weighted by Crippen LogP contribution is -2.06. The zero-order valence-electron chi connectivity index (χ0n) is 9.88. The predicted octanol–water partition coefficient (Wildman–Crippen LogP) is 4.09. The Kier molecular flexibility index (Phi) is 4.77. The highest BCUT2D eigenvalue weighted by molar-refractivity contribution is 9.10. The van der Waals surface area contributed by atoms with Gasteiger partial charge in [0, 0.05) is 12.5 Å². The van der Waals surface area contributed by atoms with Crippen molar-refractivity contribution in [2.75, 3.05) is 6.61 Å². The van der Waals surface area contributed by atoms with Crippen LogP contribution in [-0.2, 0) is 11.3 Å². The summed E-state index contributed by atoms with van der Waals surface area (Å²) < 4.78 is 6.19. The summed E-state index contributed by atoms with van der Waals surface area (Å²) in [5.41, 5.74) is 1.05. The highest BCUT2D eigenvalue weighted by atomic mass is 79.9. The summed E-state index contributed by atoms with van der Waals surface area (Å²) in [4.78, 5) is 8.81. The Hall–Kier alpha value is -0.190. The second kappa shape index (κ2) is 6.12. The first-order valence-electron chi connectivity index (χ1n) is 6.02. The van der Waals surface area contributed by atoms with Gasteiger partial charge in [0.25, 0.3) is 0 Å². The van der Waals surface area contributed by atoms with Gasteiger partial charge in [-0.15, -0.1) is 0 Å². The van der Waals surface area contributed by atoms with E-state index in [0.29, 0.717) is 30.1 Å². The van der Waals surface area contributed by atoms with Crippen LogP contribution in [0.25, 0.3) is 0 Å². The molecule has 0 spiro atoms. The van der Waals surface area contributed by atoms with Crippen molar-refractivity contribution >= 4 is 27.5 Å². The van der Waals surface area contributed by atoms with Gasteiger partial charge in [0.15, 0.2) is 5.82 Å². The molecule has 2 rings (SSSR count). The molecule has 1 aromatic rings. The first kappa shape index (κ1) is 13.2. The van der Waals surface area contributed by atoms with Crippen LogP contribution in [-0.4, -0.2) is 16.6 Å². The van der Waals surface area contributed by atoms with Crippen molar-refractivity contribution in [3.05, 3.63) is 21.1 Å². The first-order valence-corrected chi connectivity index (χ1v) is 7.19. The van der Waals surface area contributed by atoms with Crippen LogP contribution in [0.4, 0.5) is 0 Å². The number of rotatable bonds is 4. The van der Waals surface area contributed by atoms with Gasteiger partial charge in [-0.25, -0.2) is 9.97 Å². The van der Waals surface area contributed by atoms with Crippen molar-refractivity contribution in [3.8, 4) is 0 Å². The number of hydrogen-bond donors (Lipinski definition) is 0. The minimum Gasteiger partial charge on any atom is -0.374 e. The van der Waals surface area contributed by atoms with E-state index in [0.717, 1.165) is 10.2 Å². The van der Waals surface area contributed by atoms with E-state index in [1.165, 1.54) is 25.7 Å². The highest BCUT2D eigenvalue weighted by Crippen LogP contribution is 2.38. The summed E-state index contributed by atoms with van der Waals surface area (Å²) in [6, 6.07) is 0. The Bertz CT molecular complexity index is 394. The van der Waals surface area contributed by atoms with Crippen LogP contribution in [0.15, 0.2) is 4.47 Å². The maximum absolute atomic E-state index is 6.12. The molecule has 0 amide bonds. The van der Waals surface area contributed by atoms with Crippen molar-refractivity contribution in [2.45, 2.75) is 45.1 Å². The zero-order chi connectivity index (χ0) is 12.3. The Morgan fingerprint density at radius 3 is 2.71 bits per heavy atom. The average molecular weight is 320 g/mol. The lowest BCUT2D eigenvalue weighted by Gasteiger charge is -2.13. The second-order valence-electron chi connectivity index (χ2n) is 4.25. The summed E-state index contributed by atoms with van der Waals surface area (Å²) in [5.74, 6) is 1.20. The van der Waals surface area contributed by atoms with E-state index in [9.17, 15) is 0 Å². The molecule has 0 aliphatic heterocycles. The minimum atomic E-state index is 0.434. The quantitative estimate of drug-likeness (QED) is 0.784. The largest absolute Gasteiger partial charge is 0.374 e. The molecule has 5 heteroatoms. The van der Waals surface area contributed by atoms with E-state index in [1.54, 1.807) is 0 Å². The third kappa shape index (κ3) is 3.18. The molecular formula is C12H16BrClN2O. The molecule has 0 bridgehead atoms. The molecule has 17 heavy (non-hydrogen) atoms. The summed E-state index contributed by atoms with van der Waals surface area (Å²) in [6.07, 6.45) is 4.94. The Balaban J connectivity index is 2.25. The van der Waals surface area contributed by atoms with E-state index in [-0.39, 0.29) is 0 Å². The van der Waals surface area contributed by atoms with Gasteiger partial charge in [-0.05, 0) is 35.7 Å². The van der Waals surface area contributed by atoms with E-state index in [4.69, 9.17) is 16.3 Å². The van der Waals surface area contributed by atoms with Crippen molar-refractivity contribution < 1.29 is 4.74 Å². The Labute approximate surface area is 115 Å². The van der Waals surface area contributed by atoms with Gasteiger partial charge in [-0.1, -0.05) is 24.4 Å². The van der Waals surface area contributed by atoms with Crippen LogP contribution < -0.4 is 0 Å². The molecule has 0 unspecified atom stereocenters. The van der Waals surface area contributed by atoms with E-state index >= 15 is 0 Å². The summed E-state index contributed by atoms with van der Waals surface area (Å²) in [6.45, 7) is 3.05. The van der Waals surface area contributed by atoms with Crippen LogP contribution in [0.2, 0.25) is 5.15 Å². The molecule has 3 nitrogen and oxygen atoms in total. The number of hydrogen-bond acceptors (Lipinski definition) is 3. The second-order valence-corrected chi connectivity index (χ2v) is 5.40. The fraction of sp³-hybridized carbons (Fsp3) is 0.667. The molecule has 1 fully saturated rings. The van der Waals surface area contributed by atoms with Crippen molar-refractivity contribution in [1.82, 2.24) is 9.97 Å². The molecule has 0 radical (unpaired) electrons. The van der Waals surface area contributed by atoms with Crippen molar-refractivity contribution in [2.24, 2.45) is 0 Å². The van der Waals surface area contributed by atoms with Gasteiger partial charge in [0.05, 0.1) is 10.2 Å². The molecular weight excluding hydrogens is 304 g/mol. The fourth-order valence-electron chi connectivity index (χ4n) is 2.21. The fourth-order valence-corrected chi connectivity index (χ4v) is 2.90. The number of halogens is 2. The Morgan fingerprint density at radius 2 is 2.06 bits per heavy atom. The van der Waals surface area contributed by atoms with E-state index in [2.05, 4.69) is 25.9 Å². The van der Waals surface area contributed by atoms with Crippen LogP contribution in [0.3, 0.4) is 0 Å². The molecule has 1 aliphatic carbocycles. The maximum atomic E-state index is 6.12. The van der Waals surface area contributed by atoms with Crippen LogP contribution in [0.1, 0.15) is 50.0 Å². The highest BCUT2D eigenvalue weighted by Gasteiger charge is 2.23. The summed E-state index contributed by atoms with van der Waals surface area (Å²) >= 11 is 9.62. The SMILES string of the molecule is CCOCc1nc(Cl)c(Br)c(C2CCCC2)n1. The lowest BCUT2D eigenvalue weighted by molar-refractivity contribution is 0.128. The van der Waals surface area contributed by atoms with Crippen LogP contribution >= 0.6 is 27.5 Å². The number of ether oxygens (including phenoxy) is 1. The average Bonchev–Trinajstić information content (AvgIpc) is 2.84.